The number of carbonyl (C=O) groups is 2. The van der Waals surface area contributed by atoms with Crippen LogP contribution in [0.5, 0.6) is 0 Å². The highest BCUT2D eigenvalue weighted by Gasteiger charge is 2.21. The molecule has 94 valence electrons. The fourth-order valence-electron chi connectivity index (χ4n) is 1.22. The van der Waals surface area contributed by atoms with Gasteiger partial charge >= 0.3 is 0 Å². The third-order valence-electron chi connectivity index (χ3n) is 2.02. The Hall–Kier alpha value is -0.626. The SMILES string of the molecule is CC(=O)O[SiH2][SiH](CCC(C)(C)C)OC(C)=O. The van der Waals surface area contributed by atoms with Crippen molar-refractivity contribution >= 4 is 29.8 Å². The lowest BCUT2D eigenvalue weighted by Gasteiger charge is -2.21. The van der Waals surface area contributed by atoms with Gasteiger partial charge in [-0.05, 0) is 17.9 Å². The lowest BCUT2D eigenvalue weighted by atomic mass is 9.94. The first-order valence-electron chi connectivity index (χ1n) is 5.51. The van der Waals surface area contributed by atoms with Crippen LogP contribution < -0.4 is 0 Å². The summed E-state index contributed by atoms with van der Waals surface area (Å²) in [4.78, 5) is 21.6. The van der Waals surface area contributed by atoms with Gasteiger partial charge in [0, 0.05) is 13.8 Å². The van der Waals surface area contributed by atoms with Crippen molar-refractivity contribution in [1.29, 1.82) is 0 Å². The Kier molecular flexibility index (Phi) is 6.58. The van der Waals surface area contributed by atoms with E-state index in [1.807, 2.05) is 0 Å². The van der Waals surface area contributed by atoms with Crippen molar-refractivity contribution in [2.75, 3.05) is 0 Å². The molecule has 0 heterocycles. The molecule has 0 amide bonds. The van der Waals surface area contributed by atoms with Crippen molar-refractivity contribution in [3.8, 4) is 0 Å². The van der Waals surface area contributed by atoms with Crippen molar-refractivity contribution in [2.45, 2.75) is 47.1 Å². The van der Waals surface area contributed by atoms with E-state index in [-0.39, 0.29) is 17.4 Å². The van der Waals surface area contributed by atoms with Gasteiger partial charge in [0.15, 0.2) is 0 Å². The zero-order valence-electron chi connectivity index (χ0n) is 10.8. The van der Waals surface area contributed by atoms with Gasteiger partial charge in [0.25, 0.3) is 29.8 Å². The maximum Gasteiger partial charge on any atom is 0.289 e. The molecule has 6 heteroatoms. The van der Waals surface area contributed by atoms with Crippen LogP contribution >= 0.6 is 0 Å². The lowest BCUT2D eigenvalue weighted by Crippen LogP contribution is -2.32. The van der Waals surface area contributed by atoms with E-state index >= 15 is 0 Å². The molecule has 0 spiro atoms. The van der Waals surface area contributed by atoms with E-state index in [0.29, 0.717) is 0 Å². The summed E-state index contributed by atoms with van der Waals surface area (Å²) in [5.74, 6) is -0.502. The molecule has 0 rings (SSSR count). The molecule has 0 aromatic rings. The van der Waals surface area contributed by atoms with Crippen LogP contribution in [0.25, 0.3) is 0 Å². The van der Waals surface area contributed by atoms with E-state index in [4.69, 9.17) is 8.85 Å². The van der Waals surface area contributed by atoms with Crippen molar-refractivity contribution in [3.63, 3.8) is 0 Å². The minimum atomic E-state index is -1.60. The summed E-state index contributed by atoms with van der Waals surface area (Å²) < 4.78 is 10.3. The Labute approximate surface area is 101 Å². The van der Waals surface area contributed by atoms with Crippen LogP contribution in [-0.2, 0) is 18.4 Å². The highest BCUT2D eigenvalue weighted by molar-refractivity contribution is 7.07. The van der Waals surface area contributed by atoms with E-state index < -0.39 is 17.8 Å². The molecule has 1 atom stereocenters. The first-order valence-corrected chi connectivity index (χ1v) is 10.6. The van der Waals surface area contributed by atoms with Crippen LogP contribution in [0.3, 0.4) is 0 Å². The fourth-order valence-corrected chi connectivity index (χ4v) is 6.93. The smallest absolute Gasteiger partial charge is 0.289 e. The van der Waals surface area contributed by atoms with E-state index in [1.165, 1.54) is 13.8 Å². The van der Waals surface area contributed by atoms with Crippen LogP contribution in [-0.4, -0.2) is 29.8 Å². The maximum atomic E-state index is 10.9. The maximum absolute atomic E-state index is 10.9. The van der Waals surface area contributed by atoms with Crippen LogP contribution in [0.15, 0.2) is 0 Å². The predicted molar refractivity (Wildman–Crippen MR) is 68.1 cm³/mol. The van der Waals surface area contributed by atoms with Crippen LogP contribution in [0, 0.1) is 5.41 Å². The molecular formula is C10H22O4Si2. The molecule has 0 fully saturated rings. The third kappa shape index (κ3) is 9.91. The molecule has 0 aliphatic heterocycles. The van der Waals surface area contributed by atoms with Crippen molar-refractivity contribution < 1.29 is 18.4 Å². The summed E-state index contributed by atoms with van der Waals surface area (Å²) in [6, 6.07) is 0.905. The first-order chi connectivity index (χ1) is 7.20. The van der Waals surface area contributed by atoms with Gasteiger partial charge in [-0.1, -0.05) is 20.8 Å². The van der Waals surface area contributed by atoms with Crippen molar-refractivity contribution in [1.82, 2.24) is 0 Å². The van der Waals surface area contributed by atoms with Gasteiger partial charge < -0.3 is 8.85 Å². The zero-order valence-corrected chi connectivity index (χ0v) is 13.4. The van der Waals surface area contributed by atoms with E-state index in [2.05, 4.69) is 20.8 Å². The lowest BCUT2D eigenvalue weighted by molar-refractivity contribution is -0.133. The summed E-state index contributed by atoms with van der Waals surface area (Å²) in [5.41, 5.74) is 0.232. The molecule has 0 aromatic heterocycles. The topological polar surface area (TPSA) is 52.6 Å². The second-order valence-electron chi connectivity index (χ2n) is 5.13. The van der Waals surface area contributed by atoms with Gasteiger partial charge in [-0.15, -0.1) is 0 Å². The zero-order chi connectivity index (χ0) is 12.8. The highest BCUT2D eigenvalue weighted by Crippen LogP contribution is 2.22. The molecule has 0 aromatic carbocycles. The number of carbonyl (C=O) groups excluding carboxylic acids is 2. The highest BCUT2D eigenvalue weighted by atomic mass is 29.2. The Morgan fingerprint density at radius 2 is 1.75 bits per heavy atom. The minimum absolute atomic E-state index is 0.232. The number of hydrogen-bond donors (Lipinski definition) is 0. The summed E-state index contributed by atoms with van der Waals surface area (Å²) in [6.07, 6.45) is 1.01. The standard InChI is InChI=1S/C10H22O4Si2/c1-8(11)13-15-16(14-9(2)12)7-6-10(3,4)5/h16H,6-7,15H2,1-5H3. The average Bonchev–Trinajstić information content (AvgIpc) is 2.07. The summed E-state index contributed by atoms with van der Waals surface area (Å²) in [7, 11) is -2.59. The van der Waals surface area contributed by atoms with Gasteiger partial charge in [0.2, 0.25) is 0 Å². The average molecular weight is 262 g/mol. The molecule has 0 saturated heterocycles. The predicted octanol–water partition coefficient (Wildman–Crippen LogP) is 0.853. The van der Waals surface area contributed by atoms with Gasteiger partial charge in [-0.25, -0.2) is 0 Å². The molecule has 0 aliphatic carbocycles. The molecule has 0 aliphatic rings. The molecule has 1 unspecified atom stereocenters. The largest absolute Gasteiger partial charge is 0.525 e. The van der Waals surface area contributed by atoms with Crippen molar-refractivity contribution in [3.05, 3.63) is 0 Å². The monoisotopic (exact) mass is 262 g/mol. The minimum Gasteiger partial charge on any atom is -0.525 e. The number of hydrogen-bond acceptors (Lipinski definition) is 4. The number of rotatable bonds is 5. The van der Waals surface area contributed by atoms with Crippen LogP contribution in [0.2, 0.25) is 6.04 Å². The molecule has 4 nitrogen and oxygen atoms in total. The van der Waals surface area contributed by atoms with Gasteiger partial charge in [0.05, 0.1) is 0 Å². The first kappa shape index (κ1) is 15.4. The third-order valence-corrected chi connectivity index (χ3v) is 7.90. The quantitative estimate of drug-likeness (QED) is 0.689. The Morgan fingerprint density at radius 3 is 2.12 bits per heavy atom. The summed E-state index contributed by atoms with van der Waals surface area (Å²) >= 11 is 0. The Balaban J connectivity index is 4.10. The van der Waals surface area contributed by atoms with E-state index in [9.17, 15) is 9.59 Å². The molecule has 0 radical (unpaired) electrons. The second-order valence-corrected chi connectivity index (χ2v) is 11.5. The molecular weight excluding hydrogens is 240 g/mol. The van der Waals surface area contributed by atoms with Crippen molar-refractivity contribution in [2.24, 2.45) is 5.41 Å². The van der Waals surface area contributed by atoms with E-state index in [1.54, 1.807) is 0 Å². The summed E-state index contributed by atoms with van der Waals surface area (Å²) in [5, 5.41) is 0. The van der Waals surface area contributed by atoms with Gasteiger partial charge in [-0.3, -0.25) is 9.59 Å². The molecule has 0 N–H and O–H groups in total. The molecule has 0 saturated carbocycles. The molecule has 0 bridgehead atoms. The van der Waals surface area contributed by atoms with E-state index in [0.717, 1.165) is 12.5 Å². The second kappa shape index (κ2) is 6.85. The Morgan fingerprint density at radius 1 is 1.19 bits per heavy atom. The van der Waals surface area contributed by atoms with Crippen LogP contribution in [0.4, 0.5) is 0 Å². The normalized spacial score (nSPS) is 13.8. The van der Waals surface area contributed by atoms with Crippen LogP contribution in [0.1, 0.15) is 41.0 Å². The Bertz CT molecular complexity index is 248. The summed E-state index contributed by atoms with van der Waals surface area (Å²) in [6.45, 7) is 9.27. The fraction of sp³-hybridized carbons (Fsp3) is 0.800. The van der Waals surface area contributed by atoms with Gasteiger partial charge in [0.1, 0.15) is 0 Å². The van der Waals surface area contributed by atoms with Gasteiger partial charge in [-0.2, -0.15) is 0 Å². The molecule has 16 heavy (non-hydrogen) atoms.